The fraction of sp³-hybridized carbons (Fsp3) is 0.130. The molecule has 1 amide bonds. The number of hydrogen-bond acceptors (Lipinski definition) is 4. The van der Waals surface area contributed by atoms with Crippen molar-refractivity contribution in [1.29, 1.82) is 0 Å². The van der Waals surface area contributed by atoms with Crippen molar-refractivity contribution >= 4 is 46.3 Å². The van der Waals surface area contributed by atoms with Crippen LogP contribution >= 0.6 is 34.2 Å². The molecule has 5 nitrogen and oxygen atoms in total. The van der Waals surface area contributed by atoms with Gasteiger partial charge in [0.15, 0.2) is 11.5 Å². The molecule has 0 aliphatic carbocycles. The lowest BCUT2D eigenvalue weighted by Crippen LogP contribution is -2.17. The quantitative estimate of drug-likeness (QED) is 0.244. The maximum Gasteiger partial charge on any atom is 0.271 e. The summed E-state index contributed by atoms with van der Waals surface area (Å²) in [6.07, 6.45) is 1.57. The third-order valence-corrected chi connectivity index (χ3v) is 5.41. The van der Waals surface area contributed by atoms with E-state index in [0.29, 0.717) is 28.7 Å². The summed E-state index contributed by atoms with van der Waals surface area (Å²) in [5.74, 6) is 0.927. The van der Waals surface area contributed by atoms with Gasteiger partial charge in [-0.2, -0.15) is 5.10 Å². The summed E-state index contributed by atoms with van der Waals surface area (Å²) in [5, 5.41) is 4.71. The first kappa shape index (κ1) is 22.1. The van der Waals surface area contributed by atoms with Gasteiger partial charge in [-0.05, 0) is 65.4 Å². The molecular weight excluding hydrogens is 515 g/mol. The Labute approximate surface area is 194 Å². The molecule has 0 aliphatic heterocycles. The van der Waals surface area contributed by atoms with Gasteiger partial charge in [0.25, 0.3) is 5.91 Å². The molecule has 1 N–H and O–H groups in total. The van der Waals surface area contributed by atoms with Gasteiger partial charge in [-0.1, -0.05) is 47.5 Å². The predicted octanol–water partition coefficient (Wildman–Crippen LogP) is 5.60. The second-order valence-electron chi connectivity index (χ2n) is 6.48. The molecule has 7 heteroatoms. The highest BCUT2D eigenvalue weighted by atomic mass is 127. The van der Waals surface area contributed by atoms with Crippen LogP contribution in [0.15, 0.2) is 65.8 Å². The van der Waals surface area contributed by atoms with Crippen LogP contribution in [0.2, 0.25) is 5.02 Å². The molecule has 0 saturated heterocycles. The molecule has 3 rings (SSSR count). The van der Waals surface area contributed by atoms with E-state index in [2.05, 4.69) is 33.1 Å². The Morgan fingerprint density at radius 3 is 2.70 bits per heavy atom. The van der Waals surface area contributed by atoms with Crippen LogP contribution in [0.5, 0.6) is 11.5 Å². The normalized spacial score (nSPS) is 10.8. The summed E-state index contributed by atoms with van der Waals surface area (Å²) < 4.78 is 12.3. The molecule has 30 heavy (non-hydrogen) atoms. The van der Waals surface area contributed by atoms with Crippen LogP contribution in [0.25, 0.3) is 0 Å². The average Bonchev–Trinajstić information content (AvgIpc) is 2.73. The highest BCUT2D eigenvalue weighted by Gasteiger charge is 2.12. The number of nitrogens with one attached hydrogen (secondary N) is 1. The van der Waals surface area contributed by atoms with Crippen LogP contribution in [0, 0.1) is 10.5 Å². The molecule has 0 radical (unpaired) electrons. The smallest absolute Gasteiger partial charge is 0.271 e. The Morgan fingerprint density at radius 1 is 1.17 bits per heavy atom. The highest BCUT2D eigenvalue weighted by molar-refractivity contribution is 14.1. The lowest BCUT2D eigenvalue weighted by atomic mass is 10.1. The number of hydrazone groups is 1. The Balaban J connectivity index is 1.71. The molecular formula is C23H20ClIN2O3. The molecule has 0 fully saturated rings. The van der Waals surface area contributed by atoms with Crippen LogP contribution in [-0.2, 0) is 6.61 Å². The summed E-state index contributed by atoms with van der Waals surface area (Å²) in [6.45, 7) is 2.26. The van der Waals surface area contributed by atoms with E-state index >= 15 is 0 Å². The van der Waals surface area contributed by atoms with Gasteiger partial charge in [-0.25, -0.2) is 5.43 Å². The van der Waals surface area contributed by atoms with Gasteiger partial charge in [0.1, 0.15) is 6.61 Å². The molecule has 154 valence electrons. The second-order valence-corrected chi connectivity index (χ2v) is 8.05. The number of hydrogen-bond donors (Lipinski definition) is 1. The van der Waals surface area contributed by atoms with Crippen LogP contribution in [0.1, 0.15) is 27.0 Å². The van der Waals surface area contributed by atoms with Gasteiger partial charge < -0.3 is 9.47 Å². The zero-order valence-corrected chi connectivity index (χ0v) is 19.4. The average molecular weight is 535 g/mol. The number of halogens is 2. The van der Waals surface area contributed by atoms with Crippen LogP contribution in [-0.4, -0.2) is 19.2 Å². The second kappa shape index (κ2) is 10.4. The summed E-state index contributed by atoms with van der Waals surface area (Å²) in [7, 11) is 1.58. The molecule has 3 aromatic carbocycles. The van der Waals surface area contributed by atoms with E-state index in [-0.39, 0.29) is 5.91 Å². The number of ether oxygens (including phenoxy) is 2. The van der Waals surface area contributed by atoms with Gasteiger partial charge in [0.05, 0.1) is 16.9 Å². The van der Waals surface area contributed by atoms with Crippen molar-refractivity contribution < 1.29 is 14.3 Å². The number of carbonyl (C=O) groups excluding carboxylic acids is 1. The number of methoxy groups -OCH3 is 1. The van der Waals surface area contributed by atoms with Gasteiger partial charge in [0.2, 0.25) is 0 Å². The summed E-state index contributed by atoms with van der Waals surface area (Å²) >= 11 is 8.38. The first-order valence-corrected chi connectivity index (χ1v) is 10.6. The minimum Gasteiger partial charge on any atom is -0.493 e. The Bertz CT molecular complexity index is 1090. The third kappa shape index (κ3) is 5.73. The molecule has 0 spiro atoms. The van der Waals surface area contributed by atoms with E-state index in [4.69, 9.17) is 21.1 Å². The number of rotatable bonds is 7. The number of aryl methyl sites for hydroxylation is 1. The van der Waals surface area contributed by atoms with E-state index in [1.54, 1.807) is 25.5 Å². The molecule has 0 bridgehead atoms. The van der Waals surface area contributed by atoms with Crippen molar-refractivity contribution in [2.24, 2.45) is 5.10 Å². The van der Waals surface area contributed by atoms with Gasteiger partial charge in [-0.3, -0.25) is 4.79 Å². The van der Waals surface area contributed by atoms with Gasteiger partial charge in [-0.15, -0.1) is 0 Å². The topological polar surface area (TPSA) is 59.9 Å². The fourth-order valence-corrected chi connectivity index (χ4v) is 3.71. The number of carbonyl (C=O) groups is 1. The van der Waals surface area contributed by atoms with Gasteiger partial charge >= 0.3 is 0 Å². The summed E-state index contributed by atoms with van der Waals surface area (Å²) in [5.41, 5.74) is 5.77. The fourth-order valence-electron chi connectivity index (χ4n) is 2.74. The van der Waals surface area contributed by atoms with Crippen LogP contribution in [0.3, 0.4) is 0 Å². The summed E-state index contributed by atoms with van der Waals surface area (Å²) in [6, 6.07) is 18.6. The Hall–Kier alpha value is -2.58. The van der Waals surface area contributed by atoms with E-state index < -0.39 is 0 Å². The van der Waals surface area contributed by atoms with E-state index in [1.807, 2.05) is 55.5 Å². The monoisotopic (exact) mass is 534 g/mol. The molecule has 0 aliphatic rings. The lowest BCUT2D eigenvalue weighted by Gasteiger charge is -2.14. The maximum absolute atomic E-state index is 12.2. The minimum atomic E-state index is -0.267. The molecule has 0 unspecified atom stereocenters. The van der Waals surface area contributed by atoms with Crippen molar-refractivity contribution in [2.45, 2.75) is 13.5 Å². The largest absolute Gasteiger partial charge is 0.493 e. The summed E-state index contributed by atoms with van der Waals surface area (Å²) in [4.78, 5) is 12.2. The van der Waals surface area contributed by atoms with Crippen LogP contribution in [0.4, 0.5) is 0 Å². The SMILES string of the molecule is COc1cc(/C=N/NC(=O)c2cccc(C)c2)cc(I)c1OCc1ccccc1Cl. The van der Waals surface area contributed by atoms with Crippen molar-refractivity contribution in [3.8, 4) is 11.5 Å². The number of benzene rings is 3. The predicted molar refractivity (Wildman–Crippen MR) is 128 cm³/mol. The van der Waals surface area contributed by atoms with Crippen molar-refractivity contribution in [3.05, 3.63) is 91.5 Å². The molecule has 0 atom stereocenters. The first-order chi connectivity index (χ1) is 14.5. The number of nitrogens with zero attached hydrogens (tertiary/aromatic N) is 1. The molecule has 0 heterocycles. The first-order valence-electron chi connectivity index (χ1n) is 9.11. The van der Waals surface area contributed by atoms with Crippen molar-refractivity contribution in [1.82, 2.24) is 5.43 Å². The number of amides is 1. The van der Waals surface area contributed by atoms with Crippen molar-refractivity contribution in [2.75, 3.05) is 7.11 Å². The molecule has 0 aromatic heterocycles. The maximum atomic E-state index is 12.2. The zero-order valence-electron chi connectivity index (χ0n) is 16.5. The van der Waals surface area contributed by atoms with E-state index in [0.717, 1.165) is 20.3 Å². The Kier molecular flexibility index (Phi) is 7.70. The van der Waals surface area contributed by atoms with Crippen molar-refractivity contribution in [3.63, 3.8) is 0 Å². The van der Waals surface area contributed by atoms with E-state index in [1.165, 1.54) is 0 Å². The minimum absolute atomic E-state index is 0.267. The zero-order chi connectivity index (χ0) is 21.5. The lowest BCUT2D eigenvalue weighted by molar-refractivity contribution is 0.0955. The highest BCUT2D eigenvalue weighted by Crippen LogP contribution is 2.34. The molecule has 0 saturated carbocycles. The van der Waals surface area contributed by atoms with Crippen LogP contribution < -0.4 is 14.9 Å². The Morgan fingerprint density at radius 2 is 1.97 bits per heavy atom. The standard InChI is InChI=1S/C23H20ClIN2O3/c1-15-6-5-8-17(10-15)23(28)27-26-13-16-11-20(25)22(21(12-16)29-2)30-14-18-7-3-4-9-19(18)24/h3-13H,14H2,1-2H3,(H,27,28)/b26-13+. The third-order valence-electron chi connectivity index (χ3n) is 4.24. The van der Waals surface area contributed by atoms with E-state index in [9.17, 15) is 4.79 Å². The molecule has 3 aromatic rings. The van der Waals surface area contributed by atoms with Gasteiger partial charge in [0, 0.05) is 16.1 Å².